The van der Waals surface area contributed by atoms with E-state index in [2.05, 4.69) is 10.3 Å². The summed E-state index contributed by atoms with van der Waals surface area (Å²) in [5.41, 5.74) is -0.155. The quantitative estimate of drug-likeness (QED) is 0.685. The Morgan fingerprint density at radius 2 is 2.17 bits per heavy atom. The minimum Gasteiger partial charge on any atom is -0.319 e. The summed E-state index contributed by atoms with van der Waals surface area (Å²) in [5.74, 6) is -2.48. The Balaban J connectivity index is 2.03. The van der Waals surface area contributed by atoms with Crippen molar-refractivity contribution in [3.8, 4) is 0 Å². The van der Waals surface area contributed by atoms with Crippen molar-refractivity contribution >= 4 is 29.0 Å². The van der Waals surface area contributed by atoms with Gasteiger partial charge in [0.25, 0.3) is 0 Å². The summed E-state index contributed by atoms with van der Waals surface area (Å²) in [4.78, 5) is 15.3. The van der Waals surface area contributed by atoms with Gasteiger partial charge in [0.1, 0.15) is 0 Å². The topological polar surface area (TPSA) is 42.0 Å². The van der Waals surface area contributed by atoms with Gasteiger partial charge in [-0.05, 0) is 29.7 Å². The molecule has 2 heterocycles. The van der Waals surface area contributed by atoms with Crippen LogP contribution in [0.15, 0.2) is 35.7 Å². The molecule has 0 unspecified atom stereocenters. The van der Waals surface area contributed by atoms with Crippen molar-refractivity contribution in [1.82, 2.24) is 4.98 Å². The molecule has 2 rings (SSSR count). The van der Waals surface area contributed by atoms with Gasteiger partial charge in [-0.3, -0.25) is 4.79 Å². The van der Waals surface area contributed by atoms with E-state index in [0.29, 0.717) is 0 Å². The van der Waals surface area contributed by atoms with E-state index in [9.17, 15) is 13.6 Å². The second-order valence-electron chi connectivity index (χ2n) is 3.31. The highest BCUT2D eigenvalue weighted by Gasteiger charge is 2.06. The van der Waals surface area contributed by atoms with E-state index in [1.54, 1.807) is 6.08 Å². The Kier molecular flexibility index (Phi) is 3.78. The molecule has 0 spiro atoms. The summed E-state index contributed by atoms with van der Waals surface area (Å²) >= 11 is 1.47. The monoisotopic (exact) mass is 266 g/mol. The minimum absolute atomic E-state index is 0.155. The lowest BCUT2D eigenvalue weighted by Crippen LogP contribution is -2.10. The van der Waals surface area contributed by atoms with Gasteiger partial charge in [-0.1, -0.05) is 6.07 Å². The molecule has 18 heavy (non-hydrogen) atoms. The Bertz CT molecular complexity index is 582. The van der Waals surface area contributed by atoms with Crippen molar-refractivity contribution in [1.29, 1.82) is 0 Å². The Labute approximate surface area is 106 Å². The molecule has 0 aromatic carbocycles. The number of pyridine rings is 1. The van der Waals surface area contributed by atoms with E-state index in [1.807, 2.05) is 17.5 Å². The molecule has 1 N–H and O–H groups in total. The molecule has 0 aliphatic rings. The smallest absolute Gasteiger partial charge is 0.248 e. The fourth-order valence-corrected chi connectivity index (χ4v) is 1.84. The second kappa shape index (κ2) is 5.50. The molecule has 1 amide bonds. The van der Waals surface area contributed by atoms with Crippen molar-refractivity contribution in [2.75, 3.05) is 5.32 Å². The summed E-state index contributed by atoms with van der Waals surface area (Å²) < 4.78 is 25.7. The van der Waals surface area contributed by atoms with Crippen LogP contribution < -0.4 is 5.32 Å². The third kappa shape index (κ3) is 3.21. The minimum atomic E-state index is -1.05. The molecule has 0 aliphatic heterocycles. The highest BCUT2D eigenvalue weighted by molar-refractivity contribution is 7.10. The summed E-state index contributed by atoms with van der Waals surface area (Å²) in [5, 5.41) is 4.15. The highest BCUT2D eigenvalue weighted by atomic mass is 32.1. The van der Waals surface area contributed by atoms with Crippen LogP contribution in [0, 0.1) is 11.9 Å². The fraction of sp³-hybridized carbons (Fsp3) is 0. The Morgan fingerprint density at radius 1 is 1.33 bits per heavy atom. The molecule has 0 bridgehead atoms. The predicted molar refractivity (Wildman–Crippen MR) is 66.1 cm³/mol. The van der Waals surface area contributed by atoms with E-state index in [0.717, 1.165) is 17.0 Å². The van der Waals surface area contributed by atoms with Gasteiger partial charge in [0.15, 0.2) is 0 Å². The average molecular weight is 266 g/mol. The van der Waals surface area contributed by atoms with Gasteiger partial charge in [-0.2, -0.15) is 13.8 Å². The molecule has 0 saturated carbocycles. The van der Waals surface area contributed by atoms with Crippen molar-refractivity contribution in [2.24, 2.45) is 0 Å². The first-order valence-electron chi connectivity index (χ1n) is 5.00. The molecule has 2 aromatic rings. The molecule has 0 radical (unpaired) electrons. The third-order valence-electron chi connectivity index (χ3n) is 2.01. The maximum absolute atomic E-state index is 13.1. The zero-order chi connectivity index (χ0) is 13.0. The van der Waals surface area contributed by atoms with Crippen molar-refractivity contribution < 1.29 is 13.6 Å². The average Bonchev–Trinajstić information content (AvgIpc) is 2.83. The number of anilines is 1. The molecular weight excluding hydrogens is 258 g/mol. The van der Waals surface area contributed by atoms with E-state index >= 15 is 0 Å². The SMILES string of the molecule is O=C(/C=C/c1cccs1)Nc1ccc(F)nc1F. The molecule has 0 fully saturated rings. The zero-order valence-electron chi connectivity index (χ0n) is 9.06. The molecule has 3 nitrogen and oxygen atoms in total. The number of halogens is 2. The van der Waals surface area contributed by atoms with Crippen LogP contribution in [-0.2, 0) is 4.79 Å². The van der Waals surface area contributed by atoms with Gasteiger partial charge >= 0.3 is 0 Å². The van der Waals surface area contributed by atoms with E-state index < -0.39 is 17.8 Å². The van der Waals surface area contributed by atoms with Gasteiger partial charge in [0, 0.05) is 11.0 Å². The number of hydrogen-bond acceptors (Lipinski definition) is 3. The number of nitrogens with zero attached hydrogens (tertiary/aromatic N) is 1. The van der Waals surface area contributed by atoms with Gasteiger partial charge < -0.3 is 5.32 Å². The van der Waals surface area contributed by atoms with Gasteiger partial charge in [0.2, 0.25) is 17.8 Å². The molecule has 0 saturated heterocycles. The summed E-state index contributed by atoms with van der Waals surface area (Å²) in [6.45, 7) is 0. The maximum Gasteiger partial charge on any atom is 0.248 e. The molecule has 2 aromatic heterocycles. The number of carbonyl (C=O) groups excluding carboxylic acids is 1. The van der Waals surface area contributed by atoms with E-state index in [1.165, 1.54) is 17.4 Å². The lowest BCUT2D eigenvalue weighted by Gasteiger charge is -2.02. The number of aromatic nitrogens is 1. The largest absolute Gasteiger partial charge is 0.319 e. The van der Waals surface area contributed by atoms with Crippen LogP contribution in [0.3, 0.4) is 0 Å². The van der Waals surface area contributed by atoms with Gasteiger partial charge in [0.05, 0.1) is 5.69 Å². The number of thiophene rings is 1. The van der Waals surface area contributed by atoms with Crippen molar-refractivity contribution in [3.05, 3.63) is 52.5 Å². The normalized spacial score (nSPS) is 10.8. The molecule has 0 aliphatic carbocycles. The number of amides is 1. The molecule has 6 heteroatoms. The van der Waals surface area contributed by atoms with Crippen LogP contribution >= 0.6 is 11.3 Å². The lowest BCUT2D eigenvalue weighted by atomic mass is 10.3. The first-order chi connectivity index (χ1) is 8.65. The molecular formula is C12H8F2N2OS. The first kappa shape index (κ1) is 12.4. The summed E-state index contributed by atoms with van der Waals surface area (Å²) in [7, 11) is 0. The Morgan fingerprint density at radius 3 is 2.83 bits per heavy atom. The van der Waals surface area contributed by atoms with E-state index in [-0.39, 0.29) is 5.69 Å². The van der Waals surface area contributed by atoms with Crippen LogP contribution in [-0.4, -0.2) is 10.9 Å². The van der Waals surface area contributed by atoms with Crippen molar-refractivity contribution in [2.45, 2.75) is 0 Å². The fourth-order valence-electron chi connectivity index (χ4n) is 1.22. The highest BCUT2D eigenvalue weighted by Crippen LogP contribution is 2.13. The van der Waals surface area contributed by atoms with Crippen LogP contribution in [0.1, 0.15) is 4.88 Å². The third-order valence-corrected chi connectivity index (χ3v) is 2.85. The van der Waals surface area contributed by atoms with Crippen LogP contribution in [0.5, 0.6) is 0 Å². The van der Waals surface area contributed by atoms with Crippen LogP contribution in [0.4, 0.5) is 14.5 Å². The maximum atomic E-state index is 13.1. The molecule has 92 valence electrons. The standard InChI is InChI=1S/C12H8F2N2OS/c13-10-5-4-9(12(14)16-10)15-11(17)6-3-8-2-1-7-18-8/h1-7H,(H,15,17)/b6-3+. The van der Waals surface area contributed by atoms with E-state index in [4.69, 9.17) is 0 Å². The van der Waals surface area contributed by atoms with Crippen LogP contribution in [0.25, 0.3) is 6.08 Å². The van der Waals surface area contributed by atoms with Gasteiger partial charge in [-0.15, -0.1) is 11.3 Å². The second-order valence-corrected chi connectivity index (χ2v) is 4.29. The lowest BCUT2D eigenvalue weighted by molar-refractivity contribution is -0.111. The van der Waals surface area contributed by atoms with Crippen molar-refractivity contribution in [3.63, 3.8) is 0 Å². The summed E-state index contributed by atoms with van der Waals surface area (Å²) in [6, 6.07) is 5.79. The number of hydrogen-bond donors (Lipinski definition) is 1. The number of nitrogens with one attached hydrogen (secondary N) is 1. The first-order valence-corrected chi connectivity index (χ1v) is 5.88. The summed E-state index contributed by atoms with van der Waals surface area (Å²) in [6.07, 6.45) is 2.88. The molecule has 0 atom stereocenters. The zero-order valence-corrected chi connectivity index (χ0v) is 9.88. The number of carbonyl (C=O) groups is 1. The predicted octanol–water partition coefficient (Wildman–Crippen LogP) is 3.07. The van der Waals surface area contributed by atoms with Crippen LogP contribution in [0.2, 0.25) is 0 Å². The van der Waals surface area contributed by atoms with Gasteiger partial charge in [-0.25, -0.2) is 0 Å². The number of rotatable bonds is 3. The Hall–Kier alpha value is -2.08.